The smallest absolute Gasteiger partial charge is 0.226 e. The Balaban J connectivity index is 2.12. The van der Waals surface area contributed by atoms with E-state index in [0.717, 1.165) is 18.9 Å². The SMILES string of the molecule is Nc1cc(N2CCCCC2)nc(NCCO)n1. The van der Waals surface area contributed by atoms with Gasteiger partial charge in [-0.3, -0.25) is 0 Å². The summed E-state index contributed by atoms with van der Waals surface area (Å²) in [5.41, 5.74) is 5.76. The van der Waals surface area contributed by atoms with Crippen molar-refractivity contribution in [3.63, 3.8) is 0 Å². The molecule has 0 saturated carbocycles. The zero-order valence-electron chi connectivity index (χ0n) is 9.89. The number of hydrogen-bond acceptors (Lipinski definition) is 6. The van der Waals surface area contributed by atoms with E-state index in [1.165, 1.54) is 19.3 Å². The molecule has 17 heavy (non-hydrogen) atoms. The van der Waals surface area contributed by atoms with Crippen LogP contribution in [0.15, 0.2) is 6.07 Å². The van der Waals surface area contributed by atoms with Gasteiger partial charge in [0.25, 0.3) is 0 Å². The van der Waals surface area contributed by atoms with Crippen molar-refractivity contribution in [3.05, 3.63) is 6.07 Å². The molecule has 4 N–H and O–H groups in total. The minimum Gasteiger partial charge on any atom is -0.395 e. The summed E-state index contributed by atoms with van der Waals surface area (Å²) in [7, 11) is 0. The van der Waals surface area contributed by atoms with Gasteiger partial charge >= 0.3 is 0 Å². The van der Waals surface area contributed by atoms with Gasteiger partial charge in [-0.05, 0) is 19.3 Å². The molecular formula is C11H19N5O. The second-order valence-electron chi connectivity index (χ2n) is 4.17. The molecule has 0 radical (unpaired) electrons. The summed E-state index contributed by atoms with van der Waals surface area (Å²) in [6.07, 6.45) is 3.68. The Hall–Kier alpha value is -1.56. The van der Waals surface area contributed by atoms with Crippen molar-refractivity contribution in [1.82, 2.24) is 9.97 Å². The van der Waals surface area contributed by atoms with E-state index < -0.39 is 0 Å². The summed E-state index contributed by atoms with van der Waals surface area (Å²) >= 11 is 0. The highest BCUT2D eigenvalue weighted by molar-refractivity contribution is 5.51. The maximum atomic E-state index is 8.76. The van der Waals surface area contributed by atoms with Crippen molar-refractivity contribution in [2.75, 3.05) is 42.2 Å². The fourth-order valence-electron chi connectivity index (χ4n) is 1.98. The lowest BCUT2D eigenvalue weighted by molar-refractivity contribution is 0.311. The second-order valence-corrected chi connectivity index (χ2v) is 4.17. The van der Waals surface area contributed by atoms with E-state index >= 15 is 0 Å². The van der Waals surface area contributed by atoms with Gasteiger partial charge in [0.05, 0.1) is 6.61 Å². The first-order valence-corrected chi connectivity index (χ1v) is 6.04. The number of aromatic nitrogens is 2. The van der Waals surface area contributed by atoms with Crippen molar-refractivity contribution in [3.8, 4) is 0 Å². The van der Waals surface area contributed by atoms with Crippen molar-refractivity contribution in [2.24, 2.45) is 0 Å². The minimum atomic E-state index is 0.0528. The molecule has 0 atom stereocenters. The van der Waals surface area contributed by atoms with Crippen molar-refractivity contribution in [1.29, 1.82) is 0 Å². The molecule has 2 rings (SSSR count). The quantitative estimate of drug-likeness (QED) is 0.705. The molecule has 1 fully saturated rings. The first kappa shape index (κ1) is 11.9. The summed E-state index contributed by atoms with van der Waals surface area (Å²) in [4.78, 5) is 10.7. The number of anilines is 3. The Labute approximate surface area is 101 Å². The molecule has 94 valence electrons. The topological polar surface area (TPSA) is 87.3 Å². The number of rotatable bonds is 4. The lowest BCUT2D eigenvalue weighted by atomic mass is 10.1. The van der Waals surface area contributed by atoms with Crippen molar-refractivity contribution >= 4 is 17.6 Å². The predicted octanol–water partition coefficient (Wildman–Crippen LogP) is 0.453. The fraction of sp³-hybridized carbons (Fsp3) is 0.636. The zero-order chi connectivity index (χ0) is 12.1. The maximum absolute atomic E-state index is 8.76. The molecule has 2 heterocycles. The van der Waals surface area contributed by atoms with Crippen LogP contribution in [0, 0.1) is 0 Å². The maximum Gasteiger partial charge on any atom is 0.226 e. The largest absolute Gasteiger partial charge is 0.395 e. The van der Waals surface area contributed by atoms with E-state index in [9.17, 15) is 0 Å². The highest BCUT2D eigenvalue weighted by atomic mass is 16.3. The summed E-state index contributed by atoms with van der Waals surface area (Å²) < 4.78 is 0. The number of aliphatic hydroxyl groups excluding tert-OH is 1. The Morgan fingerprint density at radius 3 is 2.76 bits per heavy atom. The van der Waals surface area contributed by atoms with Crippen LogP contribution in [0.4, 0.5) is 17.6 Å². The average molecular weight is 237 g/mol. The summed E-state index contributed by atoms with van der Waals surface area (Å²) in [5, 5.41) is 11.7. The molecule has 1 aromatic rings. The van der Waals surface area contributed by atoms with Gasteiger partial charge in [-0.1, -0.05) is 0 Å². The number of nitrogen functional groups attached to an aromatic ring is 1. The van der Waals surface area contributed by atoms with Gasteiger partial charge in [0.15, 0.2) is 0 Å². The standard InChI is InChI=1S/C11H19N5O/c12-9-8-10(16-5-2-1-3-6-16)15-11(14-9)13-4-7-17/h8,17H,1-7H2,(H3,12,13,14,15). The van der Waals surface area contributed by atoms with Crippen LogP contribution in [-0.2, 0) is 0 Å². The third-order valence-electron chi connectivity index (χ3n) is 2.81. The van der Waals surface area contributed by atoms with Crippen molar-refractivity contribution < 1.29 is 5.11 Å². The molecule has 0 bridgehead atoms. The van der Waals surface area contributed by atoms with Crippen LogP contribution in [0.5, 0.6) is 0 Å². The molecule has 1 aliphatic heterocycles. The van der Waals surface area contributed by atoms with E-state index in [0.29, 0.717) is 18.3 Å². The molecule has 1 saturated heterocycles. The first-order valence-electron chi connectivity index (χ1n) is 6.04. The van der Waals surface area contributed by atoms with Gasteiger partial charge in [0.2, 0.25) is 5.95 Å². The van der Waals surface area contributed by atoms with Gasteiger partial charge in [-0.25, -0.2) is 0 Å². The molecule has 0 aliphatic carbocycles. The summed E-state index contributed by atoms with van der Waals surface area (Å²) in [6.45, 7) is 2.53. The molecule has 0 spiro atoms. The number of nitrogens with two attached hydrogens (primary N) is 1. The lowest BCUT2D eigenvalue weighted by Crippen LogP contribution is -2.30. The third-order valence-corrected chi connectivity index (χ3v) is 2.81. The average Bonchev–Trinajstić information content (AvgIpc) is 2.37. The van der Waals surface area contributed by atoms with Crippen LogP contribution < -0.4 is 16.0 Å². The van der Waals surface area contributed by atoms with Crippen LogP contribution >= 0.6 is 0 Å². The summed E-state index contributed by atoms with van der Waals surface area (Å²) in [6, 6.07) is 1.80. The summed E-state index contributed by atoms with van der Waals surface area (Å²) in [5.74, 6) is 1.82. The Kier molecular flexibility index (Phi) is 3.98. The number of hydrogen-bond donors (Lipinski definition) is 3. The Bertz CT molecular complexity index is 365. The predicted molar refractivity (Wildman–Crippen MR) is 68.1 cm³/mol. The van der Waals surface area contributed by atoms with Gasteiger partial charge in [-0.15, -0.1) is 0 Å². The molecule has 6 nitrogen and oxygen atoms in total. The molecule has 0 aromatic carbocycles. The lowest BCUT2D eigenvalue weighted by Gasteiger charge is -2.28. The molecule has 1 aliphatic rings. The Morgan fingerprint density at radius 2 is 2.06 bits per heavy atom. The van der Waals surface area contributed by atoms with Crippen LogP contribution in [0.3, 0.4) is 0 Å². The van der Waals surface area contributed by atoms with Gasteiger partial charge < -0.3 is 21.1 Å². The van der Waals surface area contributed by atoms with E-state index in [1.807, 2.05) is 0 Å². The molecule has 1 aromatic heterocycles. The second kappa shape index (κ2) is 5.67. The van der Waals surface area contributed by atoms with E-state index in [2.05, 4.69) is 20.2 Å². The molecule has 0 amide bonds. The van der Waals surface area contributed by atoms with Crippen LogP contribution in [0.2, 0.25) is 0 Å². The van der Waals surface area contributed by atoms with Crippen LogP contribution in [0.1, 0.15) is 19.3 Å². The fourth-order valence-corrected chi connectivity index (χ4v) is 1.98. The number of aliphatic hydroxyl groups is 1. The number of piperidine rings is 1. The highest BCUT2D eigenvalue weighted by Gasteiger charge is 2.13. The van der Waals surface area contributed by atoms with Gasteiger partial charge in [-0.2, -0.15) is 9.97 Å². The molecular weight excluding hydrogens is 218 g/mol. The van der Waals surface area contributed by atoms with Crippen LogP contribution in [-0.4, -0.2) is 41.3 Å². The minimum absolute atomic E-state index is 0.0528. The first-order chi connectivity index (χ1) is 8.29. The van der Waals surface area contributed by atoms with Gasteiger partial charge in [0.1, 0.15) is 11.6 Å². The zero-order valence-corrected chi connectivity index (χ0v) is 9.89. The van der Waals surface area contributed by atoms with Crippen LogP contribution in [0.25, 0.3) is 0 Å². The molecule has 6 heteroatoms. The third kappa shape index (κ3) is 3.20. The number of nitrogens with one attached hydrogen (secondary N) is 1. The Morgan fingerprint density at radius 1 is 1.29 bits per heavy atom. The van der Waals surface area contributed by atoms with E-state index in [4.69, 9.17) is 10.8 Å². The van der Waals surface area contributed by atoms with Gasteiger partial charge in [0, 0.05) is 25.7 Å². The van der Waals surface area contributed by atoms with Crippen molar-refractivity contribution in [2.45, 2.75) is 19.3 Å². The monoisotopic (exact) mass is 237 g/mol. The van der Waals surface area contributed by atoms with E-state index in [-0.39, 0.29) is 6.61 Å². The number of nitrogens with zero attached hydrogens (tertiary/aromatic N) is 3. The molecule has 0 unspecified atom stereocenters. The van der Waals surface area contributed by atoms with E-state index in [1.54, 1.807) is 6.07 Å². The normalized spacial score (nSPS) is 15.9. The highest BCUT2D eigenvalue weighted by Crippen LogP contribution is 2.20.